The summed E-state index contributed by atoms with van der Waals surface area (Å²) in [6.45, 7) is 2.13. The van der Waals surface area contributed by atoms with Gasteiger partial charge in [0.1, 0.15) is 23.6 Å². The number of halogens is 1. The average molecular weight is 444 g/mol. The maximum atomic E-state index is 12.8. The first-order valence-corrected chi connectivity index (χ1v) is 10.4. The lowest BCUT2D eigenvalue weighted by Crippen LogP contribution is -2.00. The maximum Gasteiger partial charge on any atom is 0.228 e. The Morgan fingerprint density at radius 3 is 2.62 bits per heavy atom. The Balaban J connectivity index is 1.33. The summed E-state index contributed by atoms with van der Waals surface area (Å²) in [5.41, 5.74) is 3.54. The lowest BCUT2D eigenvalue weighted by atomic mass is 10.0. The summed E-state index contributed by atoms with van der Waals surface area (Å²) in [6.07, 6.45) is 1.80. The van der Waals surface area contributed by atoms with Gasteiger partial charge in [-0.15, -0.1) is 5.10 Å². The zero-order valence-corrected chi connectivity index (χ0v) is 17.9. The molecule has 0 spiro atoms. The average Bonchev–Trinajstić information content (AvgIpc) is 3.43. The highest BCUT2D eigenvalue weighted by atomic mass is 35.5. The smallest absolute Gasteiger partial charge is 0.228 e. The van der Waals surface area contributed by atoms with Gasteiger partial charge in [0.2, 0.25) is 5.78 Å². The second-order valence-electron chi connectivity index (χ2n) is 7.33. The van der Waals surface area contributed by atoms with Crippen LogP contribution in [0.4, 0.5) is 0 Å². The summed E-state index contributed by atoms with van der Waals surface area (Å²) < 4.78 is 13.5. The molecule has 3 aromatic carbocycles. The SMILES string of the molecule is Cc1c(C(=O)c2ccccc2)oc2cc(OCc3cn(-c4ccc(Cl)cc4)nn3)ccc12. The van der Waals surface area contributed by atoms with Crippen LogP contribution in [0.1, 0.15) is 27.4 Å². The number of hydrogen-bond donors (Lipinski definition) is 0. The molecule has 0 saturated carbocycles. The van der Waals surface area contributed by atoms with Crippen molar-refractivity contribution in [1.29, 1.82) is 0 Å². The molecule has 0 saturated heterocycles. The number of fused-ring (bicyclic) bond motifs is 1. The number of aryl methyl sites for hydroxylation is 1. The Hall–Kier alpha value is -3.90. The number of ether oxygens (including phenoxy) is 1. The van der Waals surface area contributed by atoms with E-state index in [1.54, 1.807) is 41.2 Å². The Bertz CT molecular complexity index is 1410. The van der Waals surface area contributed by atoms with E-state index < -0.39 is 0 Å². The highest BCUT2D eigenvalue weighted by molar-refractivity contribution is 6.30. The van der Waals surface area contributed by atoms with E-state index in [-0.39, 0.29) is 12.4 Å². The van der Waals surface area contributed by atoms with Gasteiger partial charge in [-0.2, -0.15) is 0 Å². The molecule has 0 amide bonds. The first-order valence-electron chi connectivity index (χ1n) is 10.0. The number of carbonyl (C=O) groups is 1. The number of rotatable bonds is 6. The van der Waals surface area contributed by atoms with Crippen LogP contribution in [-0.4, -0.2) is 20.8 Å². The summed E-state index contributed by atoms with van der Waals surface area (Å²) in [6, 6.07) is 22.0. The van der Waals surface area contributed by atoms with E-state index >= 15 is 0 Å². The Morgan fingerprint density at radius 2 is 1.84 bits per heavy atom. The zero-order chi connectivity index (χ0) is 22.1. The van der Waals surface area contributed by atoms with Crippen LogP contribution < -0.4 is 4.74 Å². The van der Waals surface area contributed by atoms with Crippen molar-refractivity contribution in [2.45, 2.75) is 13.5 Å². The van der Waals surface area contributed by atoms with Gasteiger partial charge in [-0.25, -0.2) is 4.68 Å². The van der Waals surface area contributed by atoms with E-state index in [0.29, 0.717) is 33.4 Å². The fourth-order valence-electron chi connectivity index (χ4n) is 3.47. The van der Waals surface area contributed by atoms with E-state index in [1.165, 1.54) is 0 Å². The second kappa shape index (κ2) is 8.32. The molecule has 2 aromatic heterocycles. The number of benzene rings is 3. The van der Waals surface area contributed by atoms with Gasteiger partial charge < -0.3 is 9.15 Å². The predicted molar refractivity (Wildman–Crippen MR) is 122 cm³/mol. The Kier molecular flexibility index (Phi) is 5.21. The van der Waals surface area contributed by atoms with E-state index in [0.717, 1.165) is 16.6 Å². The fraction of sp³-hybridized carbons (Fsp3) is 0.0800. The van der Waals surface area contributed by atoms with Crippen LogP contribution >= 0.6 is 11.6 Å². The number of aromatic nitrogens is 3. The Labute approximate surface area is 189 Å². The van der Waals surface area contributed by atoms with Crippen LogP contribution in [0.3, 0.4) is 0 Å². The highest BCUT2D eigenvalue weighted by Gasteiger charge is 2.19. The van der Waals surface area contributed by atoms with Gasteiger partial charge in [0.25, 0.3) is 0 Å². The standard InChI is InChI=1S/C25H18ClN3O3/c1-16-22-12-11-21(13-23(22)32-25(16)24(30)17-5-3-2-4-6-17)31-15-19-14-29(28-27-19)20-9-7-18(26)8-10-20/h2-14H,15H2,1H3. The molecular weight excluding hydrogens is 426 g/mol. The minimum Gasteiger partial charge on any atom is -0.487 e. The molecule has 32 heavy (non-hydrogen) atoms. The van der Waals surface area contributed by atoms with Crippen LogP contribution in [0.25, 0.3) is 16.7 Å². The molecule has 0 atom stereocenters. The zero-order valence-electron chi connectivity index (χ0n) is 17.2. The van der Waals surface area contributed by atoms with Gasteiger partial charge in [-0.3, -0.25) is 4.79 Å². The molecule has 0 N–H and O–H groups in total. The van der Waals surface area contributed by atoms with E-state index in [4.69, 9.17) is 20.8 Å². The topological polar surface area (TPSA) is 70.2 Å². The number of carbonyl (C=O) groups excluding carboxylic acids is 1. The first-order chi connectivity index (χ1) is 15.6. The third-order valence-electron chi connectivity index (χ3n) is 5.17. The monoisotopic (exact) mass is 443 g/mol. The van der Waals surface area contributed by atoms with E-state index in [1.807, 2.05) is 49.4 Å². The van der Waals surface area contributed by atoms with Crippen LogP contribution in [0.2, 0.25) is 5.02 Å². The fourth-order valence-corrected chi connectivity index (χ4v) is 3.60. The normalized spacial score (nSPS) is 11.1. The molecule has 0 aliphatic heterocycles. The van der Waals surface area contributed by atoms with Crippen LogP contribution in [0.15, 0.2) is 83.4 Å². The van der Waals surface area contributed by atoms with Crippen molar-refractivity contribution in [3.8, 4) is 11.4 Å². The van der Waals surface area contributed by atoms with Gasteiger partial charge >= 0.3 is 0 Å². The van der Waals surface area contributed by atoms with Gasteiger partial charge in [-0.05, 0) is 43.3 Å². The van der Waals surface area contributed by atoms with Crippen molar-refractivity contribution in [3.63, 3.8) is 0 Å². The largest absolute Gasteiger partial charge is 0.487 e. The van der Waals surface area contributed by atoms with Crippen LogP contribution in [0.5, 0.6) is 5.75 Å². The molecule has 2 heterocycles. The minimum atomic E-state index is -0.138. The number of hydrogen-bond acceptors (Lipinski definition) is 5. The van der Waals surface area contributed by atoms with Crippen molar-refractivity contribution in [2.24, 2.45) is 0 Å². The quantitative estimate of drug-likeness (QED) is 0.311. The predicted octanol–water partition coefficient (Wildman–Crippen LogP) is 5.79. The third-order valence-corrected chi connectivity index (χ3v) is 5.42. The summed E-state index contributed by atoms with van der Waals surface area (Å²) in [7, 11) is 0. The lowest BCUT2D eigenvalue weighted by Gasteiger charge is -2.03. The van der Waals surface area contributed by atoms with Crippen molar-refractivity contribution < 1.29 is 13.9 Å². The molecule has 0 bridgehead atoms. The molecule has 158 valence electrons. The first kappa shape index (κ1) is 20.0. The van der Waals surface area contributed by atoms with Gasteiger partial charge in [0.05, 0.1) is 11.9 Å². The van der Waals surface area contributed by atoms with Gasteiger partial charge in [0, 0.05) is 27.6 Å². The lowest BCUT2D eigenvalue weighted by molar-refractivity contribution is 0.101. The molecule has 7 heteroatoms. The van der Waals surface area contributed by atoms with Crippen molar-refractivity contribution >= 4 is 28.4 Å². The van der Waals surface area contributed by atoms with Crippen molar-refractivity contribution in [1.82, 2.24) is 15.0 Å². The van der Waals surface area contributed by atoms with Crippen LogP contribution in [0, 0.1) is 6.92 Å². The summed E-state index contributed by atoms with van der Waals surface area (Å²) in [5, 5.41) is 9.82. The summed E-state index contributed by atoms with van der Waals surface area (Å²) in [5.74, 6) is 0.820. The van der Waals surface area contributed by atoms with E-state index in [2.05, 4.69) is 10.3 Å². The molecule has 0 unspecified atom stereocenters. The summed E-state index contributed by atoms with van der Waals surface area (Å²) >= 11 is 5.93. The maximum absolute atomic E-state index is 12.8. The molecular formula is C25H18ClN3O3. The van der Waals surface area contributed by atoms with Gasteiger partial charge in [0.15, 0.2) is 5.76 Å². The van der Waals surface area contributed by atoms with Crippen molar-refractivity contribution in [3.05, 3.63) is 107 Å². The molecule has 5 rings (SSSR count). The third kappa shape index (κ3) is 3.88. The van der Waals surface area contributed by atoms with E-state index in [9.17, 15) is 4.79 Å². The molecule has 0 fully saturated rings. The molecule has 0 aliphatic carbocycles. The van der Waals surface area contributed by atoms with Crippen molar-refractivity contribution in [2.75, 3.05) is 0 Å². The van der Waals surface area contributed by atoms with Crippen LogP contribution in [-0.2, 0) is 6.61 Å². The highest BCUT2D eigenvalue weighted by Crippen LogP contribution is 2.30. The number of nitrogens with zero attached hydrogens (tertiary/aromatic N) is 3. The Morgan fingerprint density at radius 1 is 1.06 bits per heavy atom. The minimum absolute atomic E-state index is 0.138. The second-order valence-corrected chi connectivity index (χ2v) is 7.77. The van der Waals surface area contributed by atoms with Gasteiger partial charge in [-0.1, -0.05) is 47.1 Å². The molecule has 0 aliphatic rings. The number of furan rings is 1. The molecule has 5 aromatic rings. The molecule has 0 radical (unpaired) electrons. The molecule has 6 nitrogen and oxygen atoms in total. The summed E-state index contributed by atoms with van der Waals surface area (Å²) in [4.78, 5) is 12.8. The number of ketones is 1.